The Morgan fingerprint density at radius 1 is 0.625 bits per heavy atom. The van der Waals surface area contributed by atoms with Crippen LogP contribution in [0.2, 0.25) is 0 Å². The molecular formula is C23H41N. The van der Waals surface area contributed by atoms with Crippen LogP contribution in [0.15, 0.2) is 24.3 Å². The topological polar surface area (TPSA) is 3.24 Å². The standard InChI is InChI=1S/C23H41N/c1-4-7-8-9-10-11-12-13-14-15-18-22-19-16-17-20-23(22)21-24(5-2)6-3/h16-17,19-20H,4-15,18,21H2,1-3H3. The molecule has 0 atom stereocenters. The Morgan fingerprint density at radius 2 is 1.12 bits per heavy atom. The average Bonchev–Trinajstić information content (AvgIpc) is 2.62. The van der Waals surface area contributed by atoms with Crippen molar-refractivity contribution in [1.29, 1.82) is 0 Å². The maximum Gasteiger partial charge on any atom is 0.0236 e. The van der Waals surface area contributed by atoms with E-state index in [1.807, 2.05) is 0 Å². The summed E-state index contributed by atoms with van der Waals surface area (Å²) in [5, 5.41) is 0. The Labute approximate surface area is 151 Å². The molecule has 1 nitrogen and oxygen atoms in total. The minimum absolute atomic E-state index is 1.11. The van der Waals surface area contributed by atoms with Crippen molar-refractivity contribution >= 4 is 0 Å². The number of rotatable bonds is 15. The van der Waals surface area contributed by atoms with Gasteiger partial charge >= 0.3 is 0 Å². The second-order valence-electron chi connectivity index (χ2n) is 7.16. The molecule has 0 spiro atoms. The fraction of sp³-hybridized carbons (Fsp3) is 0.739. The highest BCUT2D eigenvalue weighted by atomic mass is 15.1. The zero-order chi connectivity index (χ0) is 17.5. The summed E-state index contributed by atoms with van der Waals surface area (Å²) in [4.78, 5) is 2.51. The van der Waals surface area contributed by atoms with E-state index in [-0.39, 0.29) is 0 Å². The van der Waals surface area contributed by atoms with Crippen LogP contribution in [0.5, 0.6) is 0 Å². The summed E-state index contributed by atoms with van der Waals surface area (Å²) in [5.74, 6) is 0. The van der Waals surface area contributed by atoms with E-state index in [9.17, 15) is 0 Å². The van der Waals surface area contributed by atoms with Gasteiger partial charge in [0.2, 0.25) is 0 Å². The van der Waals surface area contributed by atoms with Gasteiger partial charge in [-0.15, -0.1) is 0 Å². The number of hydrogen-bond donors (Lipinski definition) is 0. The molecule has 0 aliphatic rings. The number of hydrogen-bond acceptors (Lipinski definition) is 1. The van der Waals surface area contributed by atoms with Gasteiger partial charge < -0.3 is 0 Å². The molecule has 0 amide bonds. The maximum atomic E-state index is 2.51. The molecule has 1 aromatic carbocycles. The third-order valence-electron chi connectivity index (χ3n) is 5.21. The summed E-state index contributed by atoms with van der Waals surface area (Å²) in [6.45, 7) is 10.2. The Hall–Kier alpha value is -0.820. The van der Waals surface area contributed by atoms with Gasteiger partial charge in [0, 0.05) is 6.54 Å². The lowest BCUT2D eigenvalue weighted by molar-refractivity contribution is 0.295. The summed E-state index contributed by atoms with van der Waals surface area (Å²) >= 11 is 0. The molecule has 138 valence electrons. The van der Waals surface area contributed by atoms with Gasteiger partial charge in [0.15, 0.2) is 0 Å². The highest BCUT2D eigenvalue weighted by Gasteiger charge is 2.05. The van der Waals surface area contributed by atoms with Gasteiger partial charge in [0.1, 0.15) is 0 Å². The third-order valence-corrected chi connectivity index (χ3v) is 5.21. The van der Waals surface area contributed by atoms with Crippen LogP contribution in [-0.2, 0) is 13.0 Å². The molecule has 1 aromatic rings. The second-order valence-corrected chi connectivity index (χ2v) is 7.16. The zero-order valence-electron chi connectivity index (χ0n) is 16.7. The van der Waals surface area contributed by atoms with E-state index >= 15 is 0 Å². The van der Waals surface area contributed by atoms with Gasteiger partial charge in [-0.3, -0.25) is 4.90 Å². The fourth-order valence-electron chi connectivity index (χ4n) is 3.45. The predicted octanol–water partition coefficient (Wildman–Crippen LogP) is 6.99. The van der Waals surface area contributed by atoms with Crippen molar-refractivity contribution in [3.8, 4) is 0 Å². The van der Waals surface area contributed by atoms with Crippen molar-refractivity contribution in [1.82, 2.24) is 4.90 Å². The first-order valence-electron chi connectivity index (χ1n) is 10.6. The van der Waals surface area contributed by atoms with E-state index in [1.165, 1.54) is 76.2 Å². The van der Waals surface area contributed by atoms with Gasteiger partial charge in [-0.25, -0.2) is 0 Å². The molecule has 0 heterocycles. The molecule has 24 heavy (non-hydrogen) atoms. The number of unbranched alkanes of at least 4 members (excludes halogenated alkanes) is 9. The minimum atomic E-state index is 1.11. The fourth-order valence-corrected chi connectivity index (χ4v) is 3.45. The number of nitrogens with zero attached hydrogens (tertiary/aromatic N) is 1. The van der Waals surface area contributed by atoms with E-state index in [4.69, 9.17) is 0 Å². The Morgan fingerprint density at radius 3 is 1.67 bits per heavy atom. The molecule has 1 heteroatoms. The van der Waals surface area contributed by atoms with Crippen molar-refractivity contribution in [3.05, 3.63) is 35.4 Å². The largest absolute Gasteiger partial charge is 0.300 e. The molecule has 0 radical (unpaired) electrons. The van der Waals surface area contributed by atoms with Crippen molar-refractivity contribution in [2.24, 2.45) is 0 Å². The Kier molecular flexibility index (Phi) is 12.8. The molecule has 0 aliphatic heterocycles. The predicted molar refractivity (Wildman–Crippen MR) is 109 cm³/mol. The second kappa shape index (κ2) is 14.5. The van der Waals surface area contributed by atoms with Crippen LogP contribution in [0.4, 0.5) is 0 Å². The van der Waals surface area contributed by atoms with Crippen LogP contribution in [0, 0.1) is 0 Å². The lowest BCUT2D eigenvalue weighted by Crippen LogP contribution is -2.22. The quantitative estimate of drug-likeness (QED) is 0.313. The zero-order valence-corrected chi connectivity index (χ0v) is 16.7. The molecule has 1 rings (SSSR count). The highest BCUT2D eigenvalue weighted by molar-refractivity contribution is 5.27. The molecular weight excluding hydrogens is 290 g/mol. The van der Waals surface area contributed by atoms with Crippen LogP contribution in [0.3, 0.4) is 0 Å². The van der Waals surface area contributed by atoms with Crippen molar-refractivity contribution in [2.75, 3.05) is 13.1 Å². The Balaban J connectivity index is 2.16. The smallest absolute Gasteiger partial charge is 0.0236 e. The summed E-state index contributed by atoms with van der Waals surface area (Å²) in [5.41, 5.74) is 3.11. The monoisotopic (exact) mass is 331 g/mol. The van der Waals surface area contributed by atoms with Crippen LogP contribution in [0.1, 0.15) is 96.1 Å². The molecule has 0 unspecified atom stereocenters. The molecule has 0 bridgehead atoms. The van der Waals surface area contributed by atoms with E-state index in [1.54, 1.807) is 5.56 Å². The number of aryl methyl sites for hydroxylation is 1. The molecule has 0 saturated carbocycles. The number of benzene rings is 1. The summed E-state index contributed by atoms with van der Waals surface area (Å²) in [6, 6.07) is 9.06. The molecule has 0 saturated heterocycles. The van der Waals surface area contributed by atoms with Crippen LogP contribution >= 0.6 is 0 Å². The van der Waals surface area contributed by atoms with Crippen molar-refractivity contribution in [2.45, 2.75) is 97.9 Å². The summed E-state index contributed by atoms with van der Waals surface area (Å²) < 4.78 is 0. The maximum absolute atomic E-state index is 2.51. The normalized spacial score (nSPS) is 11.3. The van der Waals surface area contributed by atoms with Gasteiger partial charge in [-0.05, 0) is 37.1 Å². The lowest BCUT2D eigenvalue weighted by atomic mass is 9.99. The van der Waals surface area contributed by atoms with E-state index in [2.05, 4.69) is 49.9 Å². The lowest BCUT2D eigenvalue weighted by Gasteiger charge is -2.20. The summed E-state index contributed by atoms with van der Waals surface area (Å²) in [7, 11) is 0. The molecule has 0 aromatic heterocycles. The average molecular weight is 332 g/mol. The summed E-state index contributed by atoms with van der Waals surface area (Å²) in [6.07, 6.45) is 15.4. The highest BCUT2D eigenvalue weighted by Crippen LogP contribution is 2.16. The molecule has 0 N–H and O–H groups in total. The third kappa shape index (κ3) is 9.47. The van der Waals surface area contributed by atoms with Gasteiger partial charge in [0.05, 0.1) is 0 Å². The van der Waals surface area contributed by atoms with E-state index < -0.39 is 0 Å². The van der Waals surface area contributed by atoms with Crippen LogP contribution in [-0.4, -0.2) is 18.0 Å². The first-order chi connectivity index (χ1) is 11.8. The SMILES string of the molecule is CCCCCCCCCCCCc1ccccc1CN(CC)CC. The van der Waals surface area contributed by atoms with Crippen LogP contribution in [0.25, 0.3) is 0 Å². The van der Waals surface area contributed by atoms with Crippen molar-refractivity contribution in [3.63, 3.8) is 0 Å². The Bertz CT molecular complexity index is 395. The first kappa shape index (κ1) is 21.2. The van der Waals surface area contributed by atoms with Crippen molar-refractivity contribution < 1.29 is 0 Å². The van der Waals surface area contributed by atoms with Gasteiger partial charge in [-0.1, -0.05) is 103 Å². The van der Waals surface area contributed by atoms with Gasteiger partial charge in [0.25, 0.3) is 0 Å². The molecule has 0 fully saturated rings. The van der Waals surface area contributed by atoms with E-state index in [0.717, 1.165) is 19.6 Å². The van der Waals surface area contributed by atoms with Gasteiger partial charge in [-0.2, -0.15) is 0 Å². The molecule has 0 aliphatic carbocycles. The minimum Gasteiger partial charge on any atom is -0.300 e. The van der Waals surface area contributed by atoms with E-state index in [0.29, 0.717) is 0 Å². The first-order valence-corrected chi connectivity index (χ1v) is 10.6. The van der Waals surface area contributed by atoms with Crippen LogP contribution < -0.4 is 0 Å².